The van der Waals surface area contributed by atoms with Crippen molar-refractivity contribution in [2.75, 3.05) is 13.2 Å². The summed E-state index contributed by atoms with van der Waals surface area (Å²) >= 11 is 0. The molecule has 0 unspecified atom stereocenters. The minimum Gasteiger partial charge on any atom is -0.375 e. The molecule has 1 aliphatic rings. The summed E-state index contributed by atoms with van der Waals surface area (Å²) in [6.45, 7) is 5.88. The Hall–Kier alpha value is -2.58. The van der Waals surface area contributed by atoms with Gasteiger partial charge < -0.3 is 9.26 Å². The molecule has 4 rings (SSSR count). The molecule has 2 aromatic heterocycles. The lowest BCUT2D eigenvalue weighted by Gasteiger charge is -2.37. The maximum atomic E-state index is 5.81. The van der Waals surface area contributed by atoms with Crippen LogP contribution in [0.2, 0.25) is 0 Å². The molecule has 1 saturated heterocycles. The van der Waals surface area contributed by atoms with Crippen molar-refractivity contribution in [2.24, 2.45) is 0 Å². The average Bonchev–Trinajstić information content (AvgIpc) is 3.25. The monoisotopic (exact) mass is 340 g/mol. The van der Waals surface area contributed by atoms with Crippen LogP contribution >= 0.6 is 0 Å². The van der Waals surface area contributed by atoms with Crippen LogP contribution in [0.5, 0.6) is 0 Å². The number of nitrogens with zero attached hydrogens (tertiary/aromatic N) is 6. The lowest BCUT2D eigenvalue weighted by atomic mass is 10.1. The molecule has 3 aromatic rings. The van der Waals surface area contributed by atoms with Crippen LogP contribution in [-0.4, -0.2) is 49.1 Å². The van der Waals surface area contributed by atoms with Gasteiger partial charge in [0.15, 0.2) is 5.82 Å². The van der Waals surface area contributed by atoms with E-state index in [1.54, 1.807) is 6.33 Å². The number of aryl methyl sites for hydroxylation is 1. The fraction of sp³-hybridized carbons (Fsp3) is 0.412. The van der Waals surface area contributed by atoms with Crippen molar-refractivity contribution in [2.45, 2.75) is 32.5 Å². The van der Waals surface area contributed by atoms with Crippen LogP contribution in [0.4, 0.5) is 0 Å². The Morgan fingerprint density at radius 2 is 2.08 bits per heavy atom. The van der Waals surface area contributed by atoms with E-state index in [1.807, 2.05) is 48.9 Å². The third-order valence-corrected chi connectivity index (χ3v) is 4.36. The first-order valence-electron chi connectivity index (χ1n) is 8.32. The van der Waals surface area contributed by atoms with Gasteiger partial charge in [0, 0.05) is 6.54 Å². The third-order valence-electron chi connectivity index (χ3n) is 4.36. The molecule has 2 atom stereocenters. The number of morpholine rings is 1. The van der Waals surface area contributed by atoms with E-state index in [1.165, 1.54) is 0 Å². The molecule has 0 saturated carbocycles. The first kappa shape index (κ1) is 15.9. The normalized spacial score (nSPS) is 21.5. The van der Waals surface area contributed by atoms with Crippen LogP contribution < -0.4 is 0 Å². The lowest BCUT2D eigenvalue weighted by Crippen LogP contribution is -2.44. The van der Waals surface area contributed by atoms with Gasteiger partial charge in [0.1, 0.15) is 18.2 Å². The molecule has 0 radical (unpaired) electrons. The van der Waals surface area contributed by atoms with E-state index >= 15 is 0 Å². The molecule has 1 aromatic carbocycles. The molecular formula is C17H20N6O2. The standard InChI is InChI=1S/C17H20N6O2/c1-12-16(17-20-13(2)21-25-17)22(8-9-24-12)10-15-18-11-19-23(15)14-6-4-3-5-7-14/h3-7,11-12,16H,8-10H2,1-2H3/t12-,16+/m1/s1. The van der Waals surface area contributed by atoms with Gasteiger partial charge in [-0.25, -0.2) is 9.67 Å². The van der Waals surface area contributed by atoms with Gasteiger partial charge in [0.05, 0.1) is 24.9 Å². The largest absolute Gasteiger partial charge is 0.375 e. The zero-order valence-electron chi connectivity index (χ0n) is 14.2. The quantitative estimate of drug-likeness (QED) is 0.717. The minimum atomic E-state index is -0.101. The second-order valence-electron chi connectivity index (χ2n) is 6.09. The highest BCUT2D eigenvalue weighted by Gasteiger charge is 2.35. The van der Waals surface area contributed by atoms with Gasteiger partial charge in [0.2, 0.25) is 5.89 Å². The van der Waals surface area contributed by atoms with Crippen LogP contribution in [0, 0.1) is 6.92 Å². The van der Waals surface area contributed by atoms with E-state index in [-0.39, 0.29) is 12.1 Å². The second kappa shape index (κ2) is 6.73. The van der Waals surface area contributed by atoms with Crippen molar-refractivity contribution in [3.63, 3.8) is 0 Å². The summed E-state index contributed by atoms with van der Waals surface area (Å²) in [6, 6.07) is 9.88. The smallest absolute Gasteiger partial charge is 0.246 e. The summed E-state index contributed by atoms with van der Waals surface area (Å²) in [4.78, 5) is 11.1. The van der Waals surface area contributed by atoms with Gasteiger partial charge in [0.25, 0.3) is 0 Å². The van der Waals surface area contributed by atoms with Gasteiger partial charge >= 0.3 is 0 Å². The van der Waals surface area contributed by atoms with Crippen LogP contribution in [0.15, 0.2) is 41.2 Å². The van der Waals surface area contributed by atoms with Crippen molar-refractivity contribution in [1.29, 1.82) is 0 Å². The maximum Gasteiger partial charge on any atom is 0.246 e. The predicted molar refractivity (Wildman–Crippen MR) is 89.0 cm³/mol. The van der Waals surface area contributed by atoms with Gasteiger partial charge in [-0.1, -0.05) is 23.4 Å². The van der Waals surface area contributed by atoms with E-state index in [0.717, 1.165) is 18.1 Å². The number of benzene rings is 1. The maximum absolute atomic E-state index is 5.81. The van der Waals surface area contributed by atoms with Crippen LogP contribution in [0.3, 0.4) is 0 Å². The molecule has 8 nitrogen and oxygen atoms in total. The van der Waals surface area contributed by atoms with E-state index < -0.39 is 0 Å². The Morgan fingerprint density at radius 3 is 2.84 bits per heavy atom. The fourth-order valence-electron chi connectivity index (χ4n) is 3.19. The molecule has 130 valence electrons. The minimum absolute atomic E-state index is 0.0401. The highest BCUT2D eigenvalue weighted by molar-refractivity contribution is 5.30. The summed E-state index contributed by atoms with van der Waals surface area (Å²) in [6.07, 6.45) is 1.54. The van der Waals surface area contributed by atoms with Gasteiger partial charge in [-0.2, -0.15) is 10.1 Å². The molecule has 1 aliphatic heterocycles. The number of para-hydroxylation sites is 1. The van der Waals surface area contributed by atoms with Gasteiger partial charge in [-0.3, -0.25) is 4.90 Å². The summed E-state index contributed by atoms with van der Waals surface area (Å²) < 4.78 is 13.1. The molecule has 0 aliphatic carbocycles. The summed E-state index contributed by atoms with van der Waals surface area (Å²) in [5.41, 5.74) is 0.987. The highest BCUT2D eigenvalue weighted by atomic mass is 16.5. The van der Waals surface area contributed by atoms with Crippen LogP contribution in [0.25, 0.3) is 5.69 Å². The van der Waals surface area contributed by atoms with Crippen LogP contribution in [-0.2, 0) is 11.3 Å². The Kier molecular flexibility index (Phi) is 4.29. The summed E-state index contributed by atoms with van der Waals surface area (Å²) in [5.74, 6) is 2.07. The van der Waals surface area contributed by atoms with E-state index in [0.29, 0.717) is 24.9 Å². The Labute approximate surface area is 145 Å². The zero-order chi connectivity index (χ0) is 17.2. The van der Waals surface area contributed by atoms with Gasteiger partial charge in [-0.05, 0) is 26.0 Å². The Morgan fingerprint density at radius 1 is 1.24 bits per heavy atom. The van der Waals surface area contributed by atoms with Crippen molar-refractivity contribution >= 4 is 0 Å². The molecule has 25 heavy (non-hydrogen) atoms. The summed E-state index contributed by atoms with van der Waals surface area (Å²) in [5, 5.41) is 8.29. The van der Waals surface area contributed by atoms with E-state index in [2.05, 4.69) is 25.1 Å². The second-order valence-corrected chi connectivity index (χ2v) is 6.09. The third kappa shape index (κ3) is 3.18. The molecule has 0 amide bonds. The first-order valence-corrected chi connectivity index (χ1v) is 8.32. The number of aromatic nitrogens is 5. The van der Waals surface area contributed by atoms with Crippen molar-refractivity contribution in [1.82, 2.24) is 29.8 Å². The highest BCUT2D eigenvalue weighted by Crippen LogP contribution is 2.29. The fourth-order valence-corrected chi connectivity index (χ4v) is 3.19. The molecule has 0 bridgehead atoms. The molecule has 0 N–H and O–H groups in total. The van der Waals surface area contributed by atoms with E-state index in [9.17, 15) is 0 Å². The average molecular weight is 340 g/mol. The Balaban J connectivity index is 1.62. The molecule has 3 heterocycles. The van der Waals surface area contributed by atoms with E-state index in [4.69, 9.17) is 9.26 Å². The number of rotatable bonds is 4. The topological polar surface area (TPSA) is 82.1 Å². The van der Waals surface area contributed by atoms with Crippen molar-refractivity contribution in [3.8, 4) is 5.69 Å². The van der Waals surface area contributed by atoms with Crippen molar-refractivity contribution in [3.05, 3.63) is 54.2 Å². The first-order chi connectivity index (χ1) is 12.2. The van der Waals surface area contributed by atoms with Crippen molar-refractivity contribution < 1.29 is 9.26 Å². The number of hydrogen-bond donors (Lipinski definition) is 0. The number of hydrogen-bond acceptors (Lipinski definition) is 7. The molecule has 1 fully saturated rings. The lowest BCUT2D eigenvalue weighted by molar-refractivity contribution is -0.0772. The molecule has 8 heteroatoms. The predicted octanol–water partition coefficient (Wildman–Crippen LogP) is 1.92. The zero-order valence-corrected chi connectivity index (χ0v) is 14.2. The SMILES string of the molecule is Cc1noc([C@@H]2[C@@H](C)OCCN2Cc2ncnn2-c2ccccc2)n1. The van der Waals surface area contributed by atoms with Crippen LogP contribution in [0.1, 0.15) is 30.5 Å². The van der Waals surface area contributed by atoms with Gasteiger partial charge in [-0.15, -0.1) is 0 Å². The number of ether oxygens (including phenoxy) is 1. The molecule has 0 spiro atoms. The molecular weight excluding hydrogens is 320 g/mol. The Bertz CT molecular complexity index is 831. The summed E-state index contributed by atoms with van der Waals surface area (Å²) in [7, 11) is 0.